The maximum absolute atomic E-state index is 6.08. The van der Waals surface area contributed by atoms with Crippen LogP contribution in [-0.4, -0.2) is 13.2 Å². The molecule has 0 aromatic heterocycles. The van der Waals surface area contributed by atoms with Crippen molar-refractivity contribution in [3.8, 4) is 16.9 Å². The third-order valence-electron chi connectivity index (χ3n) is 4.71. The molecule has 0 amide bonds. The van der Waals surface area contributed by atoms with Gasteiger partial charge in [-0.1, -0.05) is 37.1 Å². The molecule has 0 atom stereocenters. The Kier molecular flexibility index (Phi) is 6.86. The SMILES string of the molecule is Cc1cccc(C)c1-c1c(C)ccc(OCCCCCCN)c1C. The minimum atomic E-state index is 0.778. The molecule has 24 heavy (non-hydrogen) atoms. The van der Waals surface area contributed by atoms with Crippen LogP contribution >= 0.6 is 0 Å². The van der Waals surface area contributed by atoms with E-state index in [0.717, 1.165) is 31.7 Å². The van der Waals surface area contributed by atoms with Crippen LogP contribution in [0.2, 0.25) is 0 Å². The zero-order valence-corrected chi connectivity index (χ0v) is 15.6. The van der Waals surface area contributed by atoms with Gasteiger partial charge in [0.1, 0.15) is 5.75 Å². The fraction of sp³-hybridized carbons (Fsp3) is 0.455. The van der Waals surface area contributed by atoms with Crippen LogP contribution in [0.3, 0.4) is 0 Å². The third-order valence-corrected chi connectivity index (χ3v) is 4.71. The lowest BCUT2D eigenvalue weighted by molar-refractivity contribution is 0.303. The summed E-state index contributed by atoms with van der Waals surface area (Å²) in [7, 11) is 0. The van der Waals surface area contributed by atoms with Crippen LogP contribution in [0.25, 0.3) is 11.1 Å². The number of ether oxygens (including phenoxy) is 1. The molecule has 0 aliphatic rings. The Morgan fingerprint density at radius 3 is 2.04 bits per heavy atom. The van der Waals surface area contributed by atoms with Gasteiger partial charge >= 0.3 is 0 Å². The average molecular weight is 325 g/mol. The second kappa shape index (κ2) is 8.89. The van der Waals surface area contributed by atoms with Crippen LogP contribution in [0.1, 0.15) is 47.9 Å². The molecule has 0 bridgehead atoms. The summed E-state index contributed by atoms with van der Waals surface area (Å²) in [4.78, 5) is 0. The fourth-order valence-corrected chi connectivity index (χ4v) is 3.36. The van der Waals surface area contributed by atoms with Crippen molar-refractivity contribution in [2.75, 3.05) is 13.2 Å². The average Bonchev–Trinajstić information content (AvgIpc) is 2.55. The maximum Gasteiger partial charge on any atom is 0.122 e. The van der Waals surface area contributed by atoms with Crippen LogP contribution in [0.15, 0.2) is 30.3 Å². The van der Waals surface area contributed by atoms with Crippen molar-refractivity contribution in [2.45, 2.75) is 53.4 Å². The molecule has 2 aromatic carbocycles. The highest BCUT2D eigenvalue weighted by molar-refractivity contribution is 5.78. The summed E-state index contributed by atoms with van der Waals surface area (Å²) in [6.07, 6.45) is 4.58. The van der Waals surface area contributed by atoms with Gasteiger partial charge in [0.05, 0.1) is 6.61 Å². The molecule has 2 N–H and O–H groups in total. The predicted molar refractivity (Wildman–Crippen MR) is 104 cm³/mol. The van der Waals surface area contributed by atoms with Crippen molar-refractivity contribution in [2.24, 2.45) is 5.73 Å². The quantitative estimate of drug-likeness (QED) is 0.652. The Hall–Kier alpha value is -1.80. The first-order valence-corrected chi connectivity index (χ1v) is 9.06. The highest BCUT2D eigenvalue weighted by atomic mass is 16.5. The summed E-state index contributed by atoms with van der Waals surface area (Å²) in [6, 6.07) is 10.8. The van der Waals surface area contributed by atoms with Crippen LogP contribution < -0.4 is 10.5 Å². The lowest BCUT2D eigenvalue weighted by atomic mass is 9.89. The number of hydrogen-bond acceptors (Lipinski definition) is 2. The van der Waals surface area contributed by atoms with Crippen molar-refractivity contribution >= 4 is 0 Å². The van der Waals surface area contributed by atoms with E-state index in [1.165, 1.54) is 46.2 Å². The first-order chi connectivity index (χ1) is 11.6. The number of benzene rings is 2. The fourth-order valence-electron chi connectivity index (χ4n) is 3.36. The van der Waals surface area contributed by atoms with E-state index in [4.69, 9.17) is 10.5 Å². The van der Waals surface area contributed by atoms with Gasteiger partial charge < -0.3 is 10.5 Å². The van der Waals surface area contributed by atoms with E-state index >= 15 is 0 Å². The molecule has 0 fully saturated rings. The number of aryl methyl sites for hydroxylation is 3. The van der Waals surface area contributed by atoms with Gasteiger partial charge in [-0.3, -0.25) is 0 Å². The van der Waals surface area contributed by atoms with E-state index < -0.39 is 0 Å². The molecule has 2 nitrogen and oxygen atoms in total. The molecular formula is C22H31NO. The summed E-state index contributed by atoms with van der Waals surface area (Å²) < 4.78 is 6.08. The van der Waals surface area contributed by atoms with Gasteiger partial charge in [0.25, 0.3) is 0 Å². The van der Waals surface area contributed by atoms with E-state index in [1.54, 1.807) is 0 Å². The topological polar surface area (TPSA) is 35.2 Å². The molecule has 2 heteroatoms. The largest absolute Gasteiger partial charge is 0.493 e. The minimum Gasteiger partial charge on any atom is -0.493 e. The normalized spacial score (nSPS) is 10.9. The van der Waals surface area contributed by atoms with Gasteiger partial charge in [-0.25, -0.2) is 0 Å². The smallest absolute Gasteiger partial charge is 0.122 e. The summed E-state index contributed by atoms with van der Waals surface area (Å²) in [5.74, 6) is 1.01. The molecule has 0 unspecified atom stereocenters. The van der Waals surface area contributed by atoms with E-state index in [1.807, 2.05) is 0 Å². The molecule has 0 saturated heterocycles. The molecule has 130 valence electrons. The van der Waals surface area contributed by atoms with Crippen molar-refractivity contribution in [3.05, 3.63) is 52.6 Å². The Labute approximate surface area is 147 Å². The van der Waals surface area contributed by atoms with Crippen LogP contribution in [-0.2, 0) is 0 Å². The van der Waals surface area contributed by atoms with Crippen molar-refractivity contribution in [1.29, 1.82) is 0 Å². The number of nitrogens with two attached hydrogens (primary N) is 1. The number of rotatable bonds is 8. The Morgan fingerprint density at radius 1 is 0.750 bits per heavy atom. The van der Waals surface area contributed by atoms with Gasteiger partial charge in [-0.2, -0.15) is 0 Å². The lowest BCUT2D eigenvalue weighted by Crippen LogP contribution is -2.02. The monoisotopic (exact) mass is 325 g/mol. The molecule has 0 saturated carbocycles. The molecule has 2 rings (SSSR count). The second-order valence-corrected chi connectivity index (χ2v) is 6.70. The second-order valence-electron chi connectivity index (χ2n) is 6.70. The van der Waals surface area contributed by atoms with Crippen molar-refractivity contribution < 1.29 is 4.74 Å². The van der Waals surface area contributed by atoms with Crippen molar-refractivity contribution in [3.63, 3.8) is 0 Å². The highest BCUT2D eigenvalue weighted by Gasteiger charge is 2.14. The molecule has 2 aromatic rings. The molecule has 0 radical (unpaired) electrons. The minimum absolute atomic E-state index is 0.778. The Morgan fingerprint density at radius 2 is 1.38 bits per heavy atom. The summed E-state index contributed by atoms with van der Waals surface area (Å²) in [5.41, 5.74) is 13.4. The predicted octanol–water partition coefficient (Wildman–Crippen LogP) is 5.49. The number of hydrogen-bond donors (Lipinski definition) is 1. The van der Waals surface area contributed by atoms with E-state index in [2.05, 4.69) is 58.0 Å². The first kappa shape index (κ1) is 18.5. The molecule has 0 aliphatic carbocycles. The zero-order chi connectivity index (χ0) is 17.5. The van der Waals surface area contributed by atoms with Gasteiger partial charge in [-0.15, -0.1) is 0 Å². The van der Waals surface area contributed by atoms with Gasteiger partial charge in [0.2, 0.25) is 0 Å². The van der Waals surface area contributed by atoms with Gasteiger partial charge in [-0.05, 0) is 86.5 Å². The standard InChI is InChI=1S/C22H31NO/c1-16-10-9-11-17(2)21(16)22-18(3)12-13-20(19(22)4)24-15-8-6-5-7-14-23/h9-13H,5-8,14-15,23H2,1-4H3. The lowest BCUT2D eigenvalue weighted by Gasteiger charge is -2.18. The first-order valence-electron chi connectivity index (χ1n) is 9.06. The molecule has 0 spiro atoms. The van der Waals surface area contributed by atoms with Crippen LogP contribution in [0.5, 0.6) is 5.75 Å². The zero-order valence-electron chi connectivity index (χ0n) is 15.6. The Balaban J connectivity index is 2.19. The number of unbranched alkanes of at least 4 members (excludes halogenated alkanes) is 3. The van der Waals surface area contributed by atoms with Gasteiger partial charge in [0.15, 0.2) is 0 Å². The highest BCUT2D eigenvalue weighted by Crippen LogP contribution is 2.36. The van der Waals surface area contributed by atoms with E-state index in [9.17, 15) is 0 Å². The van der Waals surface area contributed by atoms with E-state index in [-0.39, 0.29) is 0 Å². The summed E-state index contributed by atoms with van der Waals surface area (Å²) >= 11 is 0. The molecule has 0 heterocycles. The third kappa shape index (κ3) is 4.39. The van der Waals surface area contributed by atoms with Crippen molar-refractivity contribution in [1.82, 2.24) is 0 Å². The van der Waals surface area contributed by atoms with E-state index in [0.29, 0.717) is 0 Å². The summed E-state index contributed by atoms with van der Waals surface area (Å²) in [5, 5.41) is 0. The summed E-state index contributed by atoms with van der Waals surface area (Å²) in [6.45, 7) is 10.3. The van der Waals surface area contributed by atoms with Crippen LogP contribution in [0, 0.1) is 27.7 Å². The van der Waals surface area contributed by atoms with Gasteiger partial charge in [0, 0.05) is 0 Å². The molecular weight excluding hydrogens is 294 g/mol. The maximum atomic E-state index is 6.08. The Bertz CT molecular complexity index is 656. The van der Waals surface area contributed by atoms with Crippen LogP contribution in [0.4, 0.5) is 0 Å². The molecule has 0 aliphatic heterocycles.